The quantitative estimate of drug-likeness (QED) is 0.790. The van der Waals surface area contributed by atoms with Crippen LogP contribution in [-0.4, -0.2) is 33.2 Å². The Morgan fingerprint density at radius 1 is 1.04 bits per heavy atom. The maximum atomic E-state index is 13.0. The van der Waals surface area contributed by atoms with Gasteiger partial charge in [-0.25, -0.2) is 0 Å². The SMILES string of the molecule is C[C@@H]1CCC[C@H](C)N1C(=O)Cn1cc(C(=O)C2CC2)c2ccccc21. The van der Waals surface area contributed by atoms with Gasteiger partial charge in [0.15, 0.2) is 5.78 Å². The van der Waals surface area contributed by atoms with Crippen LogP contribution in [-0.2, 0) is 11.3 Å². The number of hydrogen-bond acceptors (Lipinski definition) is 2. The van der Waals surface area contributed by atoms with Gasteiger partial charge >= 0.3 is 0 Å². The fourth-order valence-electron chi connectivity index (χ4n) is 4.28. The fourth-order valence-corrected chi connectivity index (χ4v) is 4.28. The molecular formula is C21H26N2O2. The molecule has 1 aliphatic heterocycles. The zero-order valence-electron chi connectivity index (χ0n) is 15.1. The van der Waals surface area contributed by atoms with Gasteiger partial charge in [-0.3, -0.25) is 9.59 Å². The molecule has 0 bridgehead atoms. The van der Waals surface area contributed by atoms with E-state index >= 15 is 0 Å². The number of hydrogen-bond donors (Lipinski definition) is 0. The van der Waals surface area contributed by atoms with E-state index in [1.165, 1.54) is 6.42 Å². The first-order valence-corrected chi connectivity index (χ1v) is 9.49. The van der Waals surface area contributed by atoms with Crippen LogP contribution in [0.15, 0.2) is 30.5 Å². The molecule has 2 heterocycles. The number of carbonyl (C=O) groups is 2. The molecule has 1 aromatic carbocycles. The molecule has 1 saturated heterocycles. The van der Waals surface area contributed by atoms with Crippen molar-refractivity contribution in [3.05, 3.63) is 36.0 Å². The Morgan fingerprint density at radius 3 is 2.40 bits per heavy atom. The highest BCUT2D eigenvalue weighted by Gasteiger charge is 2.33. The van der Waals surface area contributed by atoms with E-state index in [1.54, 1.807) is 0 Å². The average Bonchev–Trinajstić information content (AvgIpc) is 3.38. The molecule has 0 spiro atoms. The smallest absolute Gasteiger partial charge is 0.242 e. The van der Waals surface area contributed by atoms with Crippen molar-refractivity contribution in [1.29, 1.82) is 0 Å². The van der Waals surface area contributed by atoms with Crippen molar-refractivity contribution in [2.24, 2.45) is 5.92 Å². The fraction of sp³-hybridized carbons (Fsp3) is 0.524. The molecule has 4 nitrogen and oxygen atoms in total. The molecule has 2 atom stereocenters. The first-order valence-electron chi connectivity index (χ1n) is 9.49. The van der Waals surface area contributed by atoms with Gasteiger partial charge in [-0.2, -0.15) is 0 Å². The Kier molecular flexibility index (Phi) is 4.14. The lowest BCUT2D eigenvalue weighted by Crippen LogP contribution is -2.48. The second-order valence-corrected chi connectivity index (χ2v) is 7.76. The van der Waals surface area contributed by atoms with Crippen molar-refractivity contribution in [2.75, 3.05) is 0 Å². The number of piperidine rings is 1. The van der Waals surface area contributed by atoms with Gasteiger partial charge in [0.25, 0.3) is 0 Å². The first-order chi connectivity index (χ1) is 12.1. The van der Waals surface area contributed by atoms with Gasteiger partial charge < -0.3 is 9.47 Å². The Bertz CT molecular complexity index is 808. The van der Waals surface area contributed by atoms with E-state index in [9.17, 15) is 9.59 Å². The maximum absolute atomic E-state index is 13.0. The molecule has 132 valence electrons. The van der Waals surface area contributed by atoms with E-state index in [-0.39, 0.29) is 17.6 Å². The molecule has 0 N–H and O–H groups in total. The van der Waals surface area contributed by atoms with Crippen LogP contribution < -0.4 is 0 Å². The summed E-state index contributed by atoms with van der Waals surface area (Å²) in [6, 6.07) is 8.54. The van der Waals surface area contributed by atoms with Gasteiger partial charge in [0.1, 0.15) is 6.54 Å². The Morgan fingerprint density at radius 2 is 1.72 bits per heavy atom. The molecule has 1 amide bonds. The van der Waals surface area contributed by atoms with Gasteiger partial charge in [-0.1, -0.05) is 18.2 Å². The van der Waals surface area contributed by atoms with Crippen molar-refractivity contribution in [2.45, 2.75) is 64.6 Å². The highest BCUT2D eigenvalue weighted by Crippen LogP contribution is 2.35. The molecule has 0 radical (unpaired) electrons. The molecule has 1 aromatic heterocycles. The Labute approximate surface area is 148 Å². The molecule has 4 heteroatoms. The molecule has 1 aliphatic carbocycles. The van der Waals surface area contributed by atoms with Crippen LogP contribution in [0.4, 0.5) is 0 Å². The summed E-state index contributed by atoms with van der Waals surface area (Å²) in [4.78, 5) is 27.6. The molecule has 1 saturated carbocycles. The third-order valence-corrected chi connectivity index (χ3v) is 5.79. The van der Waals surface area contributed by atoms with E-state index in [2.05, 4.69) is 13.8 Å². The maximum Gasteiger partial charge on any atom is 0.242 e. The number of para-hydroxylation sites is 1. The summed E-state index contributed by atoms with van der Waals surface area (Å²) in [5.74, 6) is 0.588. The van der Waals surface area contributed by atoms with Gasteiger partial charge in [0, 0.05) is 40.7 Å². The van der Waals surface area contributed by atoms with Crippen LogP contribution in [0.25, 0.3) is 10.9 Å². The Hall–Kier alpha value is -2.10. The predicted octanol–water partition coefficient (Wildman–Crippen LogP) is 4.02. The second-order valence-electron chi connectivity index (χ2n) is 7.76. The number of Topliss-reactive ketones (excluding diaryl/α,β-unsaturated/α-hetero) is 1. The number of amides is 1. The minimum Gasteiger partial charge on any atom is -0.337 e. The number of carbonyl (C=O) groups excluding carboxylic acids is 2. The highest BCUT2D eigenvalue weighted by molar-refractivity contribution is 6.10. The lowest BCUT2D eigenvalue weighted by atomic mass is 9.97. The summed E-state index contributed by atoms with van der Waals surface area (Å²) in [5.41, 5.74) is 1.77. The van der Waals surface area contributed by atoms with Crippen LogP contribution in [0.5, 0.6) is 0 Å². The van der Waals surface area contributed by atoms with Crippen LogP contribution in [0, 0.1) is 5.92 Å². The molecule has 0 unspecified atom stereocenters. The van der Waals surface area contributed by atoms with E-state index in [1.807, 2.05) is 39.9 Å². The van der Waals surface area contributed by atoms with Crippen LogP contribution >= 0.6 is 0 Å². The van der Waals surface area contributed by atoms with Gasteiger partial charge in [-0.15, -0.1) is 0 Å². The second kappa shape index (κ2) is 6.32. The van der Waals surface area contributed by atoms with Crippen molar-refractivity contribution in [3.8, 4) is 0 Å². The Balaban J connectivity index is 1.65. The zero-order valence-corrected chi connectivity index (χ0v) is 15.1. The van der Waals surface area contributed by atoms with Crippen molar-refractivity contribution < 1.29 is 9.59 Å². The van der Waals surface area contributed by atoms with Crippen molar-refractivity contribution in [3.63, 3.8) is 0 Å². The number of ketones is 1. The number of nitrogens with zero attached hydrogens (tertiary/aromatic N) is 2. The summed E-state index contributed by atoms with van der Waals surface area (Å²) >= 11 is 0. The minimum absolute atomic E-state index is 0.158. The summed E-state index contributed by atoms with van der Waals surface area (Å²) in [7, 11) is 0. The number of benzene rings is 1. The summed E-state index contributed by atoms with van der Waals surface area (Å²) in [5, 5.41) is 0.979. The normalized spacial score (nSPS) is 23.8. The molecule has 25 heavy (non-hydrogen) atoms. The van der Waals surface area contributed by atoms with Crippen LogP contribution in [0.2, 0.25) is 0 Å². The van der Waals surface area contributed by atoms with Gasteiger partial charge in [0.2, 0.25) is 5.91 Å². The minimum atomic E-state index is 0.158. The lowest BCUT2D eigenvalue weighted by molar-refractivity contribution is -0.137. The monoisotopic (exact) mass is 338 g/mol. The van der Waals surface area contributed by atoms with Crippen molar-refractivity contribution >= 4 is 22.6 Å². The molecule has 4 rings (SSSR count). The average molecular weight is 338 g/mol. The molecule has 2 fully saturated rings. The predicted molar refractivity (Wildman–Crippen MR) is 98.6 cm³/mol. The van der Waals surface area contributed by atoms with E-state index < -0.39 is 0 Å². The third kappa shape index (κ3) is 2.99. The summed E-state index contributed by atoms with van der Waals surface area (Å²) < 4.78 is 1.97. The van der Waals surface area contributed by atoms with Crippen molar-refractivity contribution in [1.82, 2.24) is 9.47 Å². The number of fused-ring (bicyclic) bond motifs is 1. The van der Waals surface area contributed by atoms with E-state index in [4.69, 9.17) is 0 Å². The van der Waals surface area contributed by atoms with Crippen LogP contribution in [0.1, 0.15) is 56.3 Å². The third-order valence-electron chi connectivity index (χ3n) is 5.79. The molecular weight excluding hydrogens is 312 g/mol. The standard InChI is InChI=1S/C21H26N2O2/c1-14-6-5-7-15(2)23(14)20(24)13-22-12-18(21(25)16-10-11-16)17-8-3-4-9-19(17)22/h3-4,8-9,12,14-16H,5-7,10-11,13H2,1-2H3/t14-,15+. The zero-order chi connectivity index (χ0) is 17.6. The topological polar surface area (TPSA) is 42.3 Å². The first kappa shape index (κ1) is 16.4. The highest BCUT2D eigenvalue weighted by atomic mass is 16.2. The van der Waals surface area contributed by atoms with E-state index in [0.29, 0.717) is 18.6 Å². The lowest BCUT2D eigenvalue weighted by Gasteiger charge is -2.39. The molecule has 2 aromatic rings. The number of rotatable bonds is 4. The number of aromatic nitrogens is 1. The largest absolute Gasteiger partial charge is 0.337 e. The number of likely N-dealkylation sites (tertiary alicyclic amines) is 1. The summed E-state index contributed by atoms with van der Waals surface area (Å²) in [6.45, 7) is 4.60. The van der Waals surface area contributed by atoms with E-state index in [0.717, 1.165) is 42.1 Å². The van der Waals surface area contributed by atoms with Gasteiger partial charge in [0.05, 0.1) is 0 Å². The molecule has 2 aliphatic rings. The summed E-state index contributed by atoms with van der Waals surface area (Å²) in [6.07, 6.45) is 7.25. The van der Waals surface area contributed by atoms with Gasteiger partial charge in [-0.05, 0) is 52.0 Å². The van der Waals surface area contributed by atoms with Crippen LogP contribution in [0.3, 0.4) is 0 Å².